The second kappa shape index (κ2) is 9.00. The summed E-state index contributed by atoms with van der Waals surface area (Å²) < 4.78 is 5.19. The molecule has 4 rings (SSSR count). The maximum atomic E-state index is 12.9. The number of methoxy groups -OCH3 is 1. The largest absolute Gasteiger partial charge is 0.497 e. The van der Waals surface area contributed by atoms with E-state index in [1.165, 1.54) is 43.4 Å². The minimum Gasteiger partial charge on any atom is -0.497 e. The average Bonchev–Trinajstić information content (AvgIpc) is 3.14. The monoisotopic (exact) mass is 424 g/mol. The topological polar surface area (TPSA) is 67.3 Å². The van der Waals surface area contributed by atoms with Crippen LogP contribution < -0.4 is 15.0 Å². The minimum absolute atomic E-state index is 0.0717. The van der Waals surface area contributed by atoms with Crippen molar-refractivity contribution in [2.45, 2.75) is 51.6 Å². The van der Waals surface area contributed by atoms with E-state index in [1.54, 1.807) is 13.4 Å². The van der Waals surface area contributed by atoms with Crippen molar-refractivity contribution in [1.82, 2.24) is 15.3 Å². The molecule has 1 aliphatic rings. The molecule has 1 aromatic carbocycles. The molecule has 30 heavy (non-hydrogen) atoms. The van der Waals surface area contributed by atoms with Gasteiger partial charge < -0.3 is 15.0 Å². The number of carbonyl (C=O) groups is 1. The van der Waals surface area contributed by atoms with Gasteiger partial charge in [0.25, 0.3) is 5.91 Å². The predicted molar refractivity (Wildman–Crippen MR) is 122 cm³/mol. The summed E-state index contributed by atoms with van der Waals surface area (Å²) in [6.07, 6.45) is 7.86. The molecule has 2 heterocycles. The Morgan fingerprint density at radius 2 is 1.93 bits per heavy atom. The molecular weight excluding hydrogens is 396 g/mol. The number of anilines is 1. The molecule has 1 saturated carbocycles. The van der Waals surface area contributed by atoms with E-state index in [-0.39, 0.29) is 5.91 Å². The third-order valence-electron chi connectivity index (χ3n) is 5.98. The Morgan fingerprint density at radius 1 is 1.20 bits per heavy atom. The Kier molecular flexibility index (Phi) is 6.18. The molecule has 0 bridgehead atoms. The van der Waals surface area contributed by atoms with Crippen LogP contribution in [-0.2, 0) is 6.54 Å². The lowest BCUT2D eigenvalue weighted by Gasteiger charge is -2.32. The van der Waals surface area contributed by atoms with Crippen molar-refractivity contribution in [3.05, 3.63) is 46.6 Å². The van der Waals surface area contributed by atoms with Crippen LogP contribution in [0.2, 0.25) is 0 Å². The number of fused-ring (bicyclic) bond motifs is 1. The standard InChI is InChI=1S/C23H28N4O2S/c1-15-19-21(27(2)17-7-5-4-6-8-17)25-14-26-23(19)30-20(15)22(28)24-13-16-9-11-18(29-3)12-10-16/h9-12,14,17H,4-8,13H2,1-3H3,(H,24,28). The molecule has 1 N–H and O–H groups in total. The van der Waals surface area contributed by atoms with Gasteiger partial charge in [0.05, 0.1) is 17.4 Å². The third-order valence-corrected chi connectivity index (χ3v) is 7.18. The second-order valence-electron chi connectivity index (χ2n) is 7.87. The minimum atomic E-state index is -0.0717. The molecule has 158 valence electrons. The molecule has 6 nitrogen and oxygen atoms in total. The van der Waals surface area contributed by atoms with Crippen molar-refractivity contribution in [1.29, 1.82) is 0 Å². The molecule has 0 unspecified atom stereocenters. The molecule has 0 radical (unpaired) electrons. The van der Waals surface area contributed by atoms with E-state index in [9.17, 15) is 4.79 Å². The van der Waals surface area contributed by atoms with E-state index in [0.29, 0.717) is 17.5 Å². The molecule has 0 aliphatic heterocycles. The zero-order valence-corrected chi connectivity index (χ0v) is 18.6. The Bertz CT molecular complexity index is 1030. The van der Waals surface area contributed by atoms with Gasteiger partial charge in [-0.1, -0.05) is 31.4 Å². The highest BCUT2D eigenvalue weighted by atomic mass is 32.1. The molecule has 3 aromatic rings. The molecule has 1 amide bonds. The van der Waals surface area contributed by atoms with Crippen LogP contribution in [-0.4, -0.2) is 36.1 Å². The van der Waals surface area contributed by atoms with Crippen LogP contribution in [0.3, 0.4) is 0 Å². The van der Waals surface area contributed by atoms with Gasteiger partial charge in [0.2, 0.25) is 0 Å². The number of aromatic nitrogens is 2. The SMILES string of the molecule is COc1ccc(CNC(=O)c2sc3ncnc(N(C)C4CCCCC4)c3c2C)cc1. The van der Waals surface area contributed by atoms with Crippen LogP contribution in [0.1, 0.15) is 52.9 Å². The fourth-order valence-corrected chi connectivity index (χ4v) is 5.24. The van der Waals surface area contributed by atoms with E-state index >= 15 is 0 Å². The summed E-state index contributed by atoms with van der Waals surface area (Å²) in [5.41, 5.74) is 1.99. The number of hydrogen-bond donors (Lipinski definition) is 1. The van der Waals surface area contributed by atoms with Gasteiger partial charge in [-0.05, 0) is 43.0 Å². The highest BCUT2D eigenvalue weighted by molar-refractivity contribution is 7.20. The number of amides is 1. The lowest BCUT2D eigenvalue weighted by atomic mass is 9.94. The molecule has 1 fully saturated rings. The Labute approximate surface area is 181 Å². The number of carbonyl (C=O) groups excluding carboxylic acids is 1. The smallest absolute Gasteiger partial charge is 0.261 e. The van der Waals surface area contributed by atoms with Crippen LogP contribution in [0.5, 0.6) is 5.75 Å². The number of rotatable bonds is 6. The summed E-state index contributed by atoms with van der Waals surface area (Å²) in [7, 11) is 3.77. The zero-order chi connectivity index (χ0) is 21.1. The van der Waals surface area contributed by atoms with Crippen LogP contribution in [0.15, 0.2) is 30.6 Å². The lowest BCUT2D eigenvalue weighted by Crippen LogP contribution is -2.34. The van der Waals surface area contributed by atoms with E-state index in [0.717, 1.165) is 32.9 Å². The first kappa shape index (κ1) is 20.6. The summed E-state index contributed by atoms with van der Waals surface area (Å²) in [6, 6.07) is 8.22. The Balaban J connectivity index is 1.55. The molecule has 1 aliphatic carbocycles. The summed E-state index contributed by atoms with van der Waals surface area (Å²) >= 11 is 1.44. The molecule has 0 atom stereocenters. The molecule has 0 saturated heterocycles. The summed E-state index contributed by atoms with van der Waals surface area (Å²) in [6.45, 7) is 2.47. The van der Waals surface area contributed by atoms with Gasteiger partial charge in [0.15, 0.2) is 0 Å². The summed E-state index contributed by atoms with van der Waals surface area (Å²) in [4.78, 5) is 25.9. The van der Waals surface area contributed by atoms with Crippen molar-refractivity contribution in [2.24, 2.45) is 0 Å². The van der Waals surface area contributed by atoms with Crippen LogP contribution in [0, 0.1) is 6.92 Å². The van der Waals surface area contributed by atoms with Crippen molar-refractivity contribution in [3.8, 4) is 5.75 Å². The van der Waals surface area contributed by atoms with E-state index in [2.05, 4.69) is 27.2 Å². The number of thiophene rings is 1. The fourth-order valence-electron chi connectivity index (χ4n) is 4.18. The van der Waals surface area contributed by atoms with Gasteiger partial charge >= 0.3 is 0 Å². The Hall–Kier alpha value is -2.67. The van der Waals surface area contributed by atoms with Crippen molar-refractivity contribution >= 4 is 33.3 Å². The van der Waals surface area contributed by atoms with E-state index in [4.69, 9.17) is 4.74 Å². The lowest BCUT2D eigenvalue weighted by molar-refractivity contribution is 0.0954. The zero-order valence-electron chi connectivity index (χ0n) is 17.8. The van der Waals surface area contributed by atoms with Gasteiger partial charge in [-0.25, -0.2) is 9.97 Å². The summed E-state index contributed by atoms with van der Waals surface area (Å²) in [5.74, 6) is 1.67. The maximum absolute atomic E-state index is 12.9. The van der Waals surface area contributed by atoms with Crippen molar-refractivity contribution in [2.75, 3.05) is 19.1 Å². The van der Waals surface area contributed by atoms with E-state index < -0.39 is 0 Å². The Morgan fingerprint density at radius 3 is 2.63 bits per heavy atom. The molecule has 2 aromatic heterocycles. The summed E-state index contributed by atoms with van der Waals surface area (Å²) in [5, 5.41) is 4.04. The van der Waals surface area contributed by atoms with E-state index in [1.807, 2.05) is 31.2 Å². The highest BCUT2D eigenvalue weighted by Crippen LogP contribution is 2.36. The molecule has 7 heteroatoms. The number of benzene rings is 1. The van der Waals surface area contributed by atoms with Crippen LogP contribution in [0.25, 0.3) is 10.2 Å². The van der Waals surface area contributed by atoms with Crippen LogP contribution >= 0.6 is 11.3 Å². The van der Waals surface area contributed by atoms with Gasteiger partial charge in [-0.15, -0.1) is 11.3 Å². The van der Waals surface area contributed by atoms with Gasteiger partial charge in [-0.2, -0.15) is 0 Å². The first-order valence-corrected chi connectivity index (χ1v) is 11.3. The quantitative estimate of drug-likeness (QED) is 0.621. The third kappa shape index (κ3) is 4.12. The highest BCUT2D eigenvalue weighted by Gasteiger charge is 2.24. The van der Waals surface area contributed by atoms with Gasteiger partial charge in [-0.3, -0.25) is 4.79 Å². The van der Waals surface area contributed by atoms with Gasteiger partial charge in [0.1, 0.15) is 22.7 Å². The number of ether oxygens (including phenoxy) is 1. The normalized spacial score (nSPS) is 14.6. The van der Waals surface area contributed by atoms with Crippen molar-refractivity contribution in [3.63, 3.8) is 0 Å². The van der Waals surface area contributed by atoms with Gasteiger partial charge in [0, 0.05) is 19.6 Å². The first-order chi connectivity index (χ1) is 14.6. The molecular formula is C23H28N4O2S. The van der Waals surface area contributed by atoms with Crippen molar-refractivity contribution < 1.29 is 9.53 Å². The first-order valence-electron chi connectivity index (χ1n) is 10.5. The van der Waals surface area contributed by atoms with Crippen LogP contribution in [0.4, 0.5) is 5.82 Å². The predicted octanol–water partition coefficient (Wildman–Crippen LogP) is 4.71. The number of nitrogens with one attached hydrogen (secondary N) is 1. The second-order valence-corrected chi connectivity index (χ2v) is 8.87. The fraction of sp³-hybridized carbons (Fsp3) is 0.435. The number of nitrogens with zero attached hydrogens (tertiary/aromatic N) is 3. The number of hydrogen-bond acceptors (Lipinski definition) is 6. The maximum Gasteiger partial charge on any atom is 0.261 e. The number of aryl methyl sites for hydroxylation is 1. The molecule has 0 spiro atoms. The average molecular weight is 425 g/mol.